The summed E-state index contributed by atoms with van der Waals surface area (Å²) in [6, 6.07) is 12.1. The van der Waals surface area contributed by atoms with Gasteiger partial charge < -0.3 is 9.67 Å². The third-order valence-electron chi connectivity index (χ3n) is 3.59. The normalized spacial score (nSPS) is 10.8. The van der Waals surface area contributed by atoms with Crippen molar-refractivity contribution in [2.45, 2.75) is 0 Å². The number of carboxylic acids is 1. The number of benzene rings is 2. The molecule has 2 aromatic carbocycles. The highest BCUT2D eigenvalue weighted by Gasteiger charge is 2.23. The van der Waals surface area contributed by atoms with Crippen LogP contribution in [0.25, 0.3) is 22.5 Å². The number of carbonyl (C=O) groups is 1. The minimum atomic E-state index is -1.12. The second-order valence-electron chi connectivity index (χ2n) is 5.13. The fraction of sp³-hybridized carbons (Fsp3) is 0.0588. The van der Waals surface area contributed by atoms with Crippen molar-refractivity contribution in [3.05, 3.63) is 63.4 Å². The van der Waals surface area contributed by atoms with E-state index in [1.165, 1.54) is 4.57 Å². The van der Waals surface area contributed by atoms with Crippen molar-refractivity contribution < 1.29 is 9.90 Å². The first-order chi connectivity index (χ1) is 11.4. The predicted molar refractivity (Wildman–Crippen MR) is 96.1 cm³/mol. The van der Waals surface area contributed by atoms with Crippen molar-refractivity contribution in [3.63, 3.8) is 0 Å². The Morgan fingerprint density at radius 1 is 1.04 bits per heavy atom. The summed E-state index contributed by atoms with van der Waals surface area (Å²) in [5.41, 5.74) is 2.49. The lowest BCUT2D eigenvalue weighted by Gasteiger charge is -2.09. The van der Waals surface area contributed by atoms with Gasteiger partial charge in [-0.15, -0.1) is 0 Å². The number of aromatic carboxylic acids is 1. The van der Waals surface area contributed by atoms with Gasteiger partial charge in [0.25, 0.3) is 0 Å². The maximum atomic E-state index is 11.5. The summed E-state index contributed by atoms with van der Waals surface area (Å²) in [7, 11) is 1.64. The van der Waals surface area contributed by atoms with Gasteiger partial charge in [0, 0.05) is 28.2 Å². The first-order valence-electron chi connectivity index (χ1n) is 6.90. The van der Waals surface area contributed by atoms with E-state index in [-0.39, 0.29) is 5.82 Å². The van der Waals surface area contributed by atoms with Gasteiger partial charge in [0.2, 0.25) is 5.82 Å². The van der Waals surface area contributed by atoms with Gasteiger partial charge >= 0.3 is 5.97 Å². The van der Waals surface area contributed by atoms with Crippen molar-refractivity contribution >= 4 is 40.8 Å². The molecule has 0 radical (unpaired) electrons. The van der Waals surface area contributed by atoms with Gasteiger partial charge in [0.1, 0.15) is 0 Å². The summed E-state index contributed by atoms with van der Waals surface area (Å²) in [4.78, 5) is 15.8. The zero-order valence-corrected chi connectivity index (χ0v) is 14.7. The van der Waals surface area contributed by atoms with Crippen LogP contribution in [0.4, 0.5) is 0 Å². The van der Waals surface area contributed by atoms with E-state index in [0.29, 0.717) is 32.0 Å². The Morgan fingerprint density at radius 3 is 2.25 bits per heavy atom. The van der Waals surface area contributed by atoms with E-state index in [0.717, 1.165) is 5.56 Å². The molecule has 0 saturated carbocycles. The number of aromatic nitrogens is 2. The molecule has 0 fully saturated rings. The molecule has 0 aliphatic rings. The Balaban J connectivity index is 2.30. The number of rotatable bonds is 3. The van der Waals surface area contributed by atoms with Crippen LogP contribution in [0.15, 0.2) is 42.5 Å². The van der Waals surface area contributed by atoms with Crippen molar-refractivity contribution in [2.24, 2.45) is 7.05 Å². The summed E-state index contributed by atoms with van der Waals surface area (Å²) in [6.07, 6.45) is 0. The summed E-state index contributed by atoms with van der Waals surface area (Å²) >= 11 is 18.2. The monoisotopic (exact) mass is 380 g/mol. The van der Waals surface area contributed by atoms with Crippen LogP contribution in [-0.4, -0.2) is 20.6 Å². The molecule has 0 aliphatic heterocycles. The summed E-state index contributed by atoms with van der Waals surface area (Å²) in [6.45, 7) is 0. The highest BCUT2D eigenvalue weighted by atomic mass is 35.5. The summed E-state index contributed by atoms with van der Waals surface area (Å²) < 4.78 is 1.50. The van der Waals surface area contributed by atoms with E-state index in [9.17, 15) is 9.90 Å². The number of nitrogens with zero attached hydrogens (tertiary/aromatic N) is 2. The van der Waals surface area contributed by atoms with Crippen LogP contribution in [0, 0.1) is 0 Å². The van der Waals surface area contributed by atoms with Crippen LogP contribution >= 0.6 is 34.8 Å². The first kappa shape index (κ1) is 16.8. The molecule has 0 spiro atoms. The van der Waals surface area contributed by atoms with Crippen molar-refractivity contribution in [2.75, 3.05) is 0 Å². The lowest BCUT2D eigenvalue weighted by atomic mass is 10.0. The standard InChI is InChI=1S/C17H11Cl3N2O2/c1-22-15(12-7-6-11(19)8-13(12)20)14(21-16(22)17(23)24)9-2-4-10(18)5-3-9/h2-8H,1H3,(H,23,24). The molecule has 1 heterocycles. The Kier molecular flexibility index (Phi) is 4.54. The number of hydrogen-bond donors (Lipinski definition) is 1. The Hall–Kier alpha value is -2.01. The molecule has 4 nitrogen and oxygen atoms in total. The molecule has 1 N–H and O–H groups in total. The van der Waals surface area contributed by atoms with Gasteiger partial charge in [-0.25, -0.2) is 9.78 Å². The van der Waals surface area contributed by atoms with E-state index >= 15 is 0 Å². The predicted octanol–water partition coefficient (Wildman–Crippen LogP) is 5.41. The fourth-order valence-electron chi connectivity index (χ4n) is 2.49. The van der Waals surface area contributed by atoms with Crippen LogP contribution in [0.5, 0.6) is 0 Å². The number of hydrogen-bond acceptors (Lipinski definition) is 2. The number of halogens is 3. The van der Waals surface area contributed by atoms with Crippen LogP contribution in [0.3, 0.4) is 0 Å². The smallest absolute Gasteiger partial charge is 0.372 e. The lowest BCUT2D eigenvalue weighted by Crippen LogP contribution is -2.06. The van der Waals surface area contributed by atoms with E-state index in [1.54, 1.807) is 49.5 Å². The van der Waals surface area contributed by atoms with Crippen molar-refractivity contribution in [1.29, 1.82) is 0 Å². The van der Waals surface area contributed by atoms with Gasteiger partial charge in [-0.1, -0.05) is 46.9 Å². The van der Waals surface area contributed by atoms with E-state index in [4.69, 9.17) is 34.8 Å². The minimum Gasteiger partial charge on any atom is -0.475 e. The highest BCUT2D eigenvalue weighted by molar-refractivity contribution is 6.36. The highest BCUT2D eigenvalue weighted by Crippen LogP contribution is 2.37. The van der Waals surface area contributed by atoms with Gasteiger partial charge in [0.05, 0.1) is 16.4 Å². The maximum absolute atomic E-state index is 11.5. The summed E-state index contributed by atoms with van der Waals surface area (Å²) in [5, 5.41) is 10.9. The average molecular weight is 382 g/mol. The molecule has 0 bridgehead atoms. The molecule has 7 heteroatoms. The fourth-order valence-corrected chi connectivity index (χ4v) is 3.11. The molecular weight excluding hydrogens is 371 g/mol. The topological polar surface area (TPSA) is 55.1 Å². The zero-order chi connectivity index (χ0) is 17.4. The van der Waals surface area contributed by atoms with Crippen molar-refractivity contribution in [3.8, 4) is 22.5 Å². The first-order valence-corrected chi connectivity index (χ1v) is 8.03. The van der Waals surface area contributed by atoms with Crippen LogP contribution in [-0.2, 0) is 7.05 Å². The molecule has 0 aliphatic carbocycles. The Bertz CT molecular complexity index is 934. The Morgan fingerprint density at radius 2 is 1.67 bits per heavy atom. The molecule has 0 atom stereocenters. The third-order valence-corrected chi connectivity index (χ3v) is 4.39. The molecule has 0 saturated heterocycles. The largest absolute Gasteiger partial charge is 0.475 e. The van der Waals surface area contributed by atoms with E-state index < -0.39 is 5.97 Å². The lowest BCUT2D eigenvalue weighted by molar-refractivity contribution is 0.0680. The molecule has 1 aromatic heterocycles. The quantitative estimate of drug-likeness (QED) is 0.659. The number of carboxylic acid groups (broad SMARTS) is 1. The molecule has 3 aromatic rings. The van der Waals surface area contributed by atoms with Gasteiger partial charge in [0.15, 0.2) is 0 Å². The summed E-state index contributed by atoms with van der Waals surface area (Å²) in [5.74, 6) is -1.20. The van der Waals surface area contributed by atoms with Crippen LogP contribution in [0.2, 0.25) is 15.1 Å². The second-order valence-corrected chi connectivity index (χ2v) is 6.41. The average Bonchev–Trinajstić information content (AvgIpc) is 2.86. The van der Waals surface area contributed by atoms with E-state index in [1.807, 2.05) is 0 Å². The molecule has 3 rings (SSSR count). The molecule has 0 unspecified atom stereocenters. The second kappa shape index (κ2) is 6.48. The third kappa shape index (κ3) is 3.00. The maximum Gasteiger partial charge on any atom is 0.372 e. The van der Waals surface area contributed by atoms with Crippen molar-refractivity contribution in [1.82, 2.24) is 9.55 Å². The molecule has 122 valence electrons. The van der Waals surface area contributed by atoms with Crippen LogP contribution < -0.4 is 0 Å². The van der Waals surface area contributed by atoms with Gasteiger partial charge in [-0.05, 0) is 30.3 Å². The molecular formula is C17H11Cl3N2O2. The SMILES string of the molecule is Cn1c(C(=O)O)nc(-c2ccc(Cl)cc2)c1-c1ccc(Cl)cc1Cl. The minimum absolute atomic E-state index is 0.0824. The molecule has 24 heavy (non-hydrogen) atoms. The molecule has 0 amide bonds. The zero-order valence-electron chi connectivity index (χ0n) is 12.4. The Labute approximate surface area is 153 Å². The van der Waals surface area contributed by atoms with E-state index in [2.05, 4.69) is 4.98 Å². The number of imidazole rings is 1. The van der Waals surface area contributed by atoms with Crippen LogP contribution in [0.1, 0.15) is 10.6 Å². The van der Waals surface area contributed by atoms with Gasteiger partial charge in [-0.3, -0.25) is 0 Å². The van der Waals surface area contributed by atoms with Gasteiger partial charge in [-0.2, -0.15) is 0 Å².